The molecule has 1 N–H and O–H groups in total. The van der Waals surface area contributed by atoms with Crippen molar-refractivity contribution in [2.75, 3.05) is 13.2 Å². The highest BCUT2D eigenvalue weighted by atomic mass is 17.0. The summed E-state index contributed by atoms with van der Waals surface area (Å²) < 4.78 is 4.96. The number of phenolic OH excluding ortho intramolecular Hbond substituents is 1. The zero-order valence-electron chi connectivity index (χ0n) is 13.7. The number of hydrogen-bond donors (Lipinski definition) is 1. The van der Waals surface area contributed by atoms with E-state index in [0.29, 0.717) is 18.4 Å². The fourth-order valence-corrected chi connectivity index (χ4v) is 1.88. The Labute approximate surface area is 148 Å². The summed E-state index contributed by atoms with van der Waals surface area (Å²) in [6.45, 7) is -0.469. The molecule has 142 valence electrons. The van der Waals surface area contributed by atoms with E-state index in [1.165, 1.54) is 24.3 Å². The van der Waals surface area contributed by atoms with Crippen molar-refractivity contribution in [3.8, 4) is 5.75 Å². The van der Waals surface area contributed by atoms with Crippen LogP contribution in [0.1, 0.15) is 24.8 Å². The minimum Gasteiger partial charge on any atom is -0.508 e. The zero-order valence-corrected chi connectivity index (χ0v) is 13.7. The molecular formula is C15H18N2O9. The van der Waals surface area contributed by atoms with Gasteiger partial charge in [-0.2, -0.15) is 0 Å². The van der Waals surface area contributed by atoms with E-state index in [0.717, 1.165) is 0 Å². The molecular weight excluding hydrogens is 352 g/mol. The molecule has 0 aliphatic rings. The van der Waals surface area contributed by atoms with Gasteiger partial charge in [0.15, 0.2) is 0 Å². The van der Waals surface area contributed by atoms with Gasteiger partial charge in [0.1, 0.15) is 18.5 Å². The van der Waals surface area contributed by atoms with Crippen LogP contribution in [0.15, 0.2) is 30.3 Å². The first-order chi connectivity index (χ1) is 12.4. The predicted molar refractivity (Wildman–Crippen MR) is 86.8 cm³/mol. The topological polar surface area (TPSA) is 151 Å². The first kappa shape index (κ1) is 20.7. The summed E-state index contributed by atoms with van der Waals surface area (Å²) in [7, 11) is 0. The summed E-state index contributed by atoms with van der Waals surface area (Å²) >= 11 is 0. The Morgan fingerprint density at radius 1 is 1.15 bits per heavy atom. The Morgan fingerprint density at radius 2 is 1.85 bits per heavy atom. The number of esters is 1. The van der Waals surface area contributed by atoms with Crippen LogP contribution < -0.4 is 0 Å². The van der Waals surface area contributed by atoms with Crippen LogP contribution in [-0.4, -0.2) is 40.6 Å². The lowest BCUT2D eigenvalue weighted by Gasteiger charge is -2.13. The second-order valence-corrected chi connectivity index (χ2v) is 5.06. The molecule has 0 spiro atoms. The molecule has 0 saturated carbocycles. The average molecular weight is 370 g/mol. The van der Waals surface area contributed by atoms with Crippen molar-refractivity contribution >= 4 is 12.0 Å². The number of rotatable bonds is 12. The summed E-state index contributed by atoms with van der Waals surface area (Å²) in [5.74, 6) is -0.444. The van der Waals surface area contributed by atoms with E-state index in [2.05, 4.69) is 9.68 Å². The summed E-state index contributed by atoms with van der Waals surface area (Å²) in [6, 6.07) is 6.22. The number of hydrogen-bond acceptors (Lipinski definition) is 9. The van der Waals surface area contributed by atoms with Crippen molar-refractivity contribution in [1.29, 1.82) is 0 Å². The number of benzene rings is 1. The predicted octanol–water partition coefficient (Wildman–Crippen LogP) is 1.90. The van der Waals surface area contributed by atoms with Crippen LogP contribution in [0.2, 0.25) is 0 Å². The van der Waals surface area contributed by atoms with Crippen molar-refractivity contribution in [1.82, 2.24) is 0 Å². The first-order valence-corrected chi connectivity index (χ1v) is 7.59. The van der Waals surface area contributed by atoms with Gasteiger partial charge in [-0.15, -0.1) is 20.2 Å². The molecule has 0 amide bonds. The first-order valence-electron chi connectivity index (χ1n) is 7.59. The van der Waals surface area contributed by atoms with Crippen LogP contribution >= 0.6 is 0 Å². The molecule has 0 heterocycles. The molecule has 26 heavy (non-hydrogen) atoms. The average Bonchev–Trinajstić information content (AvgIpc) is 2.58. The van der Waals surface area contributed by atoms with Gasteiger partial charge in [0.2, 0.25) is 0 Å². The summed E-state index contributed by atoms with van der Waals surface area (Å²) in [4.78, 5) is 40.3. The fraction of sp³-hybridized carbons (Fsp3) is 0.400. The van der Waals surface area contributed by atoms with E-state index in [9.17, 15) is 25.0 Å². The number of aromatic hydroxyl groups is 1. The van der Waals surface area contributed by atoms with Gasteiger partial charge in [0.05, 0.1) is 6.61 Å². The number of carbonyl (C=O) groups is 1. The number of nitrogens with zero attached hydrogens (tertiary/aromatic N) is 2. The Bertz CT molecular complexity index is 631. The Morgan fingerprint density at radius 3 is 2.46 bits per heavy atom. The van der Waals surface area contributed by atoms with Gasteiger partial charge in [-0.25, -0.2) is 4.79 Å². The summed E-state index contributed by atoms with van der Waals surface area (Å²) in [5, 5.41) is 27.5. The molecule has 1 unspecified atom stereocenters. The summed E-state index contributed by atoms with van der Waals surface area (Å²) in [5.41, 5.74) is 0.713. The highest BCUT2D eigenvalue weighted by molar-refractivity contribution is 5.87. The van der Waals surface area contributed by atoms with Crippen LogP contribution in [0.25, 0.3) is 6.08 Å². The lowest BCUT2D eigenvalue weighted by Crippen LogP contribution is -2.24. The van der Waals surface area contributed by atoms with Crippen molar-refractivity contribution in [3.63, 3.8) is 0 Å². The molecule has 0 fully saturated rings. The van der Waals surface area contributed by atoms with E-state index >= 15 is 0 Å². The Kier molecular flexibility index (Phi) is 8.93. The van der Waals surface area contributed by atoms with Crippen LogP contribution in [0.5, 0.6) is 5.75 Å². The molecule has 1 atom stereocenters. The number of phenols is 1. The molecule has 0 saturated heterocycles. The molecule has 1 aromatic rings. The maximum atomic E-state index is 11.5. The number of unbranched alkanes of at least 4 members (excludes halogenated alkanes) is 1. The third-order valence-corrected chi connectivity index (χ3v) is 3.07. The molecule has 0 bridgehead atoms. The largest absolute Gasteiger partial charge is 0.508 e. The van der Waals surface area contributed by atoms with E-state index < -0.39 is 28.9 Å². The van der Waals surface area contributed by atoms with Crippen LogP contribution in [0.3, 0.4) is 0 Å². The lowest BCUT2D eigenvalue weighted by molar-refractivity contribution is -0.790. The molecule has 11 heteroatoms. The van der Waals surface area contributed by atoms with E-state index in [-0.39, 0.29) is 18.8 Å². The third-order valence-electron chi connectivity index (χ3n) is 3.07. The molecule has 11 nitrogen and oxygen atoms in total. The number of ether oxygens (including phenoxy) is 1. The minimum absolute atomic E-state index is 0.0834. The lowest BCUT2D eigenvalue weighted by atomic mass is 10.2. The van der Waals surface area contributed by atoms with Gasteiger partial charge in [-0.1, -0.05) is 12.1 Å². The second kappa shape index (κ2) is 11.2. The third kappa shape index (κ3) is 9.70. The van der Waals surface area contributed by atoms with Crippen molar-refractivity contribution in [2.45, 2.75) is 25.4 Å². The molecule has 0 aromatic heterocycles. The van der Waals surface area contributed by atoms with Gasteiger partial charge in [0.25, 0.3) is 10.2 Å². The van der Waals surface area contributed by atoms with Crippen molar-refractivity contribution in [2.24, 2.45) is 0 Å². The highest BCUT2D eigenvalue weighted by Gasteiger charge is 2.15. The zero-order chi connectivity index (χ0) is 19.4. The van der Waals surface area contributed by atoms with Gasteiger partial charge >= 0.3 is 5.97 Å². The van der Waals surface area contributed by atoms with Crippen LogP contribution in [-0.2, 0) is 19.2 Å². The molecule has 0 aliphatic heterocycles. The van der Waals surface area contributed by atoms with Crippen LogP contribution in [0, 0.1) is 20.2 Å². The van der Waals surface area contributed by atoms with E-state index in [1.54, 1.807) is 12.1 Å². The smallest absolute Gasteiger partial charge is 0.330 e. The van der Waals surface area contributed by atoms with E-state index in [1.807, 2.05) is 0 Å². The normalized spacial score (nSPS) is 11.7. The quantitative estimate of drug-likeness (QED) is 0.191. The SMILES string of the molecule is O=C(/C=C/c1ccc(O)cc1)OCCCCC(CO[N+](=O)[O-])O[N+](=O)[O-]. The molecule has 1 aromatic carbocycles. The van der Waals surface area contributed by atoms with Gasteiger partial charge < -0.3 is 19.5 Å². The maximum Gasteiger partial charge on any atom is 0.330 e. The summed E-state index contributed by atoms with van der Waals surface area (Å²) in [6.07, 6.45) is 2.60. The maximum absolute atomic E-state index is 11.5. The Balaban J connectivity index is 2.24. The van der Waals surface area contributed by atoms with Gasteiger partial charge in [-0.3, -0.25) is 0 Å². The standard InChI is InChI=1S/C15H18N2O9/c18-13-7-4-12(5-8-13)6-9-15(19)24-10-2-1-3-14(26-17(22)23)11-25-16(20)21/h4-9,14,18H,1-3,10-11H2/b9-6+. The molecule has 1 rings (SSSR count). The van der Waals surface area contributed by atoms with Gasteiger partial charge in [0, 0.05) is 6.08 Å². The van der Waals surface area contributed by atoms with E-state index in [4.69, 9.17) is 9.84 Å². The van der Waals surface area contributed by atoms with Gasteiger partial charge in [-0.05, 0) is 43.0 Å². The van der Waals surface area contributed by atoms with Crippen LogP contribution in [0.4, 0.5) is 0 Å². The minimum atomic E-state index is -1.07. The van der Waals surface area contributed by atoms with Crippen molar-refractivity contribution in [3.05, 3.63) is 56.1 Å². The number of carbonyl (C=O) groups excluding carboxylic acids is 1. The second-order valence-electron chi connectivity index (χ2n) is 5.06. The molecule has 0 aliphatic carbocycles. The monoisotopic (exact) mass is 370 g/mol. The molecule has 0 radical (unpaired) electrons. The Hall–Kier alpha value is -3.37. The highest BCUT2D eigenvalue weighted by Crippen LogP contribution is 2.11. The van der Waals surface area contributed by atoms with Crippen molar-refractivity contribution < 1.29 is 34.5 Å². The fourth-order valence-electron chi connectivity index (χ4n) is 1.88.